The third-order valence-corrected chi connectivity index (χ3v) is 2.29. The molecule has 0 aliphatic rings. The molecule has 0 radical (unpaired) electrons. The number of alkyl halides is 1. The number of carboxylic acid groups (broad SMARTS) is 1. The molecule has 0 heterocycles. The molecule has 0 aliphatic carbocycles. The number of aliphatic carboxylic acids is 1. The smallest absolute Gasteiger partial charge is 0.323 e. The van der Waals surface area contributed by atoms with Gasteiger partial charge in [0, 0.05) is 13.6 Å². The van der Waals surface area contributed by atoms with Crippen LogP contribution in [0.25, 0.3) is 0 Å². The quantitative estimate of drug-likeness (QED) is 0.806. The lowest BCUT2D eigenvalue weighted by molar-refractivity contribution is -0.136. The van der Waals surface area contributed by atoms with E-state index in [1.807, 2.05) is 0 Å². The van der Waals surface area contributed by atoms with Gasteiger partial charge in [0.2, 0.25) is 0 Å². The number of benzene rings is 1. The van der Waals surface area contributed by atoms with E-state index in [1.54, 1.807) is 25.2 Å². The predicted molar refractivity (Wildman–Crippen MR) is 56.9 cm³/mol. The van der Waals surface area contributed by atoms with Gasteiger partial charge in [-0.05, 0) is 12.1 Å². The van der Waals surface area contributed by atoms with Crippen LogP contribution >= 0.6 is 11.6 Å². The van der Waals surface area contributed by atoms with Gasteiger partial charge in [0.05, 0.1) is 5.69 Å². The van der Waals surface area contributed by atoms with E-state index in [0.717, 1.165) is 0 Å². The Morgan fingerprint density at radius 3 is 2.73 bits per heavy atom. The van der Waals surface area contributed by atoms with Gasteiger partial charge in [-0.3, -0.25) is 4.79 Å². The Balaban J connectivity index is 2.73. The van der Waals surface area contributed by atoms with Crippen molar-refractivity contribution < 1.29 is 14.3 Å². The molecular formula is C10H11ClFNO2. The molecular weight excluding hydrogens is 221 g/mol. The van der Waals surface area contributed by atoms with E-state index in [9.17, 15) is 9.18 Å². The zero-order valence-electron chi connectivity index (χ0n) is 8.15. The molecule has 0 bridgehead atoms. The van der Waals surface area contributed by atoms with Gasteiger partial charge >= 0.3 is 5.97 Å². The van der Waals surface area contributed by atoms with Crippen molar-refractivity contribution in [3.63, 3.8) is 0 Å². The summed E-state index contributed by atoms with van der Waals surface area (Å²) in [5, 5.41) is 7.55. The van der Waals surface area contributed by atoms with Gasteiger partial charge in [-0.2, -0.15) is 0 Å². The molecule has 82 valence electrons. The van der Waals surface area contributed by atoms with Crippen LogP contribution in [0.5, 0.6) is 0 Å². The van der Waals surface area contributed by atoms with Crippen molar-refractivity contribution >= 4 is 23.3 Å². The Kier molecular flexibility index (Phi) is 3.91. The van der Waals surface area contributed by atoms with Crippen molar-refractivity contribution in [2.24, 2.45) is 0 Å². The standard InChI is InChI=1S/C10H11ClFNO2/c1-13(6-7(11)10(14)15)9-5-3-2-4-8(9)12/h2-5,7H,6H2,1H3,(H,14,15). The van der Waals surface area contributed by atoms with Crippen molar-refractivity contribution in [3.05, 3.63) is 30.1 Å². The van der Waals surface area contributed by atoms with Crippen molar-refractivity contribution in [1.82, 2.24) is 0 Å². The number of para-hydroxylation sites is 1. The number of halogens is 2. The van der Waals surface area contributed by atoms with E-state index in [4.69, 9.17) is 16.7 Å². The maximum Gasteiger partial charge on any atom is 0.323 e. The zero-order valence-corrected chi connectivity index (χ0v) is 8.91. The summed E-state index contributed by atoms with van der Waals surface area (Å²) in [5.41, 5.74) is 0.337. The van der Waals surface area contributed by atoms with Gasteiger partial charge in [-0.25, -0.2) is 4.39 Å². The molecule has 0 aromatic heterocycles. The normalized spacial score (nSPS) is 12.2. The predicted octanol–water partition coefficient (Wildman–Crippen LogP) is 1.95. The molecule has 0 amide bonds. The highest BCUT2D eigenvalue weighted by atomic mass is 35.5. The van der Waals surface area contributed by atoms with Crippen LogP contribution in [0, 0.1) is 5.82 Å². The van der Waals surface area contributed by atoms with E-state index in [-0.39, 0.29) is 6.54 Å². The molecule has 1 atom stereocenters. The van der Waals surface area contributed by atoms with Gasteiger partial charge in [0.15, 0.2) is 0 Å². The summed E-state index contributed by atoms with van der Waals surface area (Å²) in [6, 6.07) is 6.14. The number of carbonyl (C=O) groups is 1. The van der Waals surface area contributed by atoms with E-state index >= 15 is 0 Å². The van der Waals surface area contributed by atoms with Crippen LogP contribution in [0.15, 0.2) is 24.3 Å². The van der Waals surface area contributed by atoms with Crippen LogP contribution in [-0.4, -0.2) is 30.0 Å². The van der Waals surface area contributed by atoms with Crippen molar-refractivity contribution in [2.75, 3.05) is 18.5 Å². The van der Waals surface area contributed by atoms with Crippen LogP contribution in [0.2, 0.25) is 0 Å². The number of anilines is 1. The summed E-state index contributed by atoms with van der Waals surface area (Å²) in [6.45, 7) is 0.0534. The van der Waals surface area contributed by atoms with E-state index in [1.165, 1.54) is 11.0 Å². The lowest BCUT2D eigenvalue weighted by Gasteiger charge is -2.20. The highest BCUT2D eigenvalue weighted by molar-refractivity contribution is 6.30. The summed E-state index contributed by atoms with van der Waals surface area (Å²) in [5.74, 6) is -1.51. The monoisotopic (exact) mass is 231 g/mol. The molecule has 15 heavy (non-hydrogen) atoms. The Hall–Kier alpha value is -1.29. The fourth-order valence-corrected chi connectivity index (χ4v) is 1.39. The van der Waals surface area contributed by atoms with Gasteiger partial charge in [-0.1, -0.05) is 12.1 Å². The molecule has 0 spiro atoms. The Morgan fingerprint density at radius 1 is 1.60 bits per heavy atom. The third kappa shape index (κ3) is 3.09. The highest BCUT2D eigenvalue weighted by Crippen LogP contribution is 2.17. The van der Waals surface area contributed by atoms with Crippen LogP contribution in [-0.2, 0) is 4.79 Å². The first-order chi connectivity index (χ1) is 7.02. The number of hydrogen-bond acceptors (Lipinski definition) is 2. The summed E-state index contributed by atoms with van der Waals surface area (Å²) < 4.78 is 13.3. The van der Waals surface area contributed by atoms with Gasteiger partial charge < -0.3 is 10.0 Å². The molecule has 0 saturated carbocycles. The fourth-order valence-electron chi connectivity index (χ4n) is 1.18. The maximum atomic E-state index is 13.3. The first-order valence-corrected chi connectivity index (χ1v) is 4.78. The van der Waals surface area contributed by atoms with E-state index < -0.39 is 17.2 Å². The molecule has 0 aliphatic heterocycles. The Morgan fingerprint density at radius 2 is 2.20 bits per heavy atom. The second-order valence-corrected chi connectivity index (χ2v) is 3.66. The number of hydrogen-bond donors (Lipinski definition) is 1. The summed E-state index contributed by atoms with van der Waals surface area (Å²) in [7, 11) is 1.59. The minimum atomic E-state index is -1.11. The van der Waals surface area contributed by atoms with Gasteiger partial charge in [0.25, 0.3) is 0 Å². The maximum absolute atomic E-state index is 13.3. The SMILES string of the molecule is CN(CC(Cl)C(=O)O)c1ccccc1F. The number of nitrogens with zero attached hydrogens (tertiary/aromatic N) is 1. The first-order valence-electron chi connectivity index (χ1n) is 4.35. The summed E-state index contributed by atoms with van der Waals surface area (Å²) in [4.78, 5) is 12.0. The fraction of sp³-hybridized carbons (Fsp3) is 0.300. The minimum Gasteiger partial charge on any atom is -0.480 e. The third-order valence-electron chi connectivity index (χ3n) is 1.97. The van der Waals surface area contributed by atoms with Crippen LogP contribution < -0.4 is 4.90 Å². The molecule has 3 nitrogen and oxygen atoms in total. The molecule has 0 saturated heterocycles. The Bertz CT molecular complexity index is 359. The number of rotatable bonds is 4. The molecule has 1 unspecified atom stereocenters. The average molecular weight is 232 g/mol. The average Bonchev–Trinajstić information content (AvgIpc) is 2.18. The zero-order chi connectivity index (χ0) is 11.4. The lowest BCUT2D eigenvalue weighted by atomic mass is 10.2. The topological polar surface area (TPSA) is 40.5 Å². The number of carboxylic acids is 1. The molecule has 1 rings (SSSR count). The lowest BCUT2D eigenvalue weighted by Crippen LogP contribution is -2.31. The second kappa shape index (κ2) is 4.98. The summed E-state index contributed by atoms with van der Waals surface area (Å²) >= 11 is 5.55. The first kappa shape index (κ1) is 11.8. The van der Waals surface area contributed by atoms with Gasteiger partial charge in [0.1, 0.15) is 11.2 Å². The van der Waals surface area contributed by atoms with Crippen molar-refractivity contribution in [3.8, 4) is 0 Å². The van der Waals surface area contributed by atoms with E-state index in [2.05, 4.69) is 0 Å². The minimum absolute atomic E-state index is 0.0534. The second-order valence-electron chi connectivity index (χ2n) is 3.14. The molecule has 1 aromatic carbocycles. The molecule has 1 aromatic rings. The molecule has 0 fully saturated rings. The van der Waals surface area contributed by atoms with Crippen molar-refractivity contribution in [2.45, 2.75) is 5.38 Å². The van der Waals surface area contributed by atoms with Crippen LogP contribution in [0.3, 0.4) is 0 Å². The van der Waals surface area contributed by atoms with Crippen LogP contribution in [0.4, 0.5) is 10.1 Å². The van der Waals surface area contributed by atoms with E-state index in [0.29, 0.717) is 5.69 Å². The van der Waals surface area contributed by atoms with Crippen molar-refractivity contribution in [1.29, 1.82) is 0 Å². The molecule has 1 N–H and O–H groups in total. The Labute approximate surface area is 92.1 Å². The largest absolute Gasteiger partial charge is 0.480 e. The van der Waals surface area contributed by atoms with Crippen LogP contribution in [0.1, 0.15) is 0 Å². The highest BCUT2D eigenvalue weighted by Gasteiger charge is 2.17. The van der Waals surface area contributed by atoms with Gasteiger partial charge in [-0.15, -0.1) is 11.6 Å². The summed E-state index contributed by atoms with van der Waals surface area (Å²) in [6.07, 6.45) is 0. The molecule has 5 heteroatoms.